The van der Waals surface area contributed by atoms with Gasteiger partial charge >= 0.3 is 0 Å². The normalized spacial score (nSPS) is 18.1. The van der Waals surface area contributed by atoms with Crippen LogP contribution in [0.25, 0.3) is 0 Å². The lowest BCUT2D eigenvalue weighted by atomic mass is 9.99. The maximum atomic E-state index is 9.54. The molecule has 1 fully saturated rings. The molecule has 0 saturated heterocycles. The highest BCUT2D eigenvalue weighted by Gasteiger charge is 2.31. The predicted octanol–water partition coefficient (Wildman–Crippen LogP) is 3.08. The van der Waals surface area contributed by atoms with E-state index in [9.17, 15) is 5.11 Å². The summed E-state index contributed by atoms with van der Waals surface area (Å²) >= 11 is 0. The number of nitrogens with one attached hydrogen (secondary N) is 1. The van der Waals surface area contributed by atoms with Crippen molar-refractivity contribution in [3.63, 3.8) is 0 Å². The van der Waals surface area contributed by atoms with E-state index in [0.29, 0.717) is 18.6 Å². The molecule has 0 radical (unpaired) electrons. The molecule has 2 N–H and O–H groups in total. The minimum Gasteiger partial charge on any atom is -0.494 e. The van der Waals surface area contributed by atoms with Gasteiger partial charge in [-0.1, -0.05) is 26.0 Å². The minimum atomic E-state index is -0.223. The van der Waals surface area contributed by atoms with Crippen molar-refractivity contribution in [1.29, 1.82) is 0 Å². The smallest absolute Gasteiger partial charge is 0.119 e. The Balaban J connectivity index is 1.79. The molecule has 20 heavy (non-hydrogen) atoms. The number of ether oxygens (including phenoxy) is 1. The number of aliphatic hydroxyl groups excluding tert-OH is 1. The maximum Gasteiger partial charge on any atom is 0.119 e. The highest BCUT2D eigenvalue weighted by Crippen LogP contribution is 2.24. The summed E-state index contributed by atoms with van der Waals surface area (Å²) < 4.78 is 5.79. The van der Waals surface area contributed by atoms with Crippen molar-refractivity contribution in [2.24, 2.45) is 0 Å². The summed E-state index contributed by atoms with van der Waals surface area (Å²) in [6.45, 7) is 7.21. The topological polar surface area (TPSA) is 41.5 Å². The summed E-state index contributed by atoms with van der Waals surface area (Å²) in [4.78, 5) is 0. The van der Waals surface area contributed by atoms with E-state index in [4.69, 9.17) is 4.74 Å². The summed E-state index contributed by atoms with van der Waals surface area (Å²) in [6.07, 6.45) is 3.27. The Morgan fingerprint density at radius 2 is 1.95 bits per heavy atom. The van der Waals surface area contributed by atoms with Gasteiger partial charge in [0.2, 0.25) is 0 Å². The first-order valence-electron chi connectivity index (χ1n) is 7.64. The van der Waals surface area contributed by atoms with Gasteiger partial charge in [0.05, 0.1) is 13.2 Å². The Morgan fingerprint density at radius 3 is 2.45 bits per heavy atom. The summed E-state index contributed by atoms with van der Waals surface area (Å²) in [6, 6.07) is 8.89. The Hall–Kier alpha value is -1.06. The van der Waals surface area contributed by atoms with E-state index in [2.05, 4.69) is 38.2 Å². The monoisotopic (exact) mass is 277 g/mol. The van der Waals surface area contributed by atoms with Crippen LogP contribution in [0.2, 0.25) is 0 Å². The van der Waals surface area contributed by atoms with Crippen molar-refractivity contribution in [2.45, 2.75) is 57.5 Å². The molecule has 1 aromatic carbocycles. The molecule has 0 aliphatic heterocycles. The molecule has 1 atom stereocenters. The van der Waals surface area contributed by atoms with Crippen molar-refractivity contribution < 1.29 is 9.84 Å². The molecule has 0 heterocycles. The molecule has 2 rings (SSSR count). The highest BCUT2D eigenvalue weighted by atomic mass is 16.5. The van der Waals surface area contributed by atoms with Crippen LogP contribution in [-0.2, 0) is 0 Å². The summed E-state index contributed by atoms with van der Waals surface area (Å²) in [7, 11) is 0. The van der Waals surface area contributed by atoms with Gasteiger partial charge in [-0.3, -0.25) is 0 Å². The maximum absolute atomic E-state index is 9.54. The van der Waals surface area contributed by atoms with Gasteiger partial charge in [0, 0.05) is 18.0 Å². The van der Waals surface area contributed by atoms with Crippen LogP contribution in [0, 0.1) is 0 Å². The summed E-state index contributed by atoms with van der Waals surface area (Å²) in [5.41, 5.74) is 1.10. The van der Waals surface area contributed by atoms with E-state index < -0.39 is 0 Å². The van der Waals surface area contributed by atoms with Crippen molar-refractivity contribution >= 4 is 0 Å². The number of hydrogen-bond acceptors (Lipinski definition) is 3. The molecule has 0 spiro atoms. The van der Waals surface area contributed by atoms with Gasteiger partial charge in [0.15, 0.2) is 0 Å². The first-order chi connectivity index (χ1) is 9.52. The van der Waals surface area contributed by atoms with Crippen molar-refractivity contribution in [2.75, 3.05) is 13.2 Å². The van der Waals surface area contributed by atoms with Gasteiger partial charge in [0.25, 0.3) is 0 Å². The zero-order valence-electron chi connectivity index (χ0n) is 12.9. The lowest BCUT2D eigenvalue weighted by molar-refractivity contribution is 0.142. The Morgan fingerprint density at radius 1 is 1.30 bits per heavy atom. The molecule has 0 bridgehead atoms. The van der Waals surface area contributed by atoms with E-state index in [1.165, 1.54) is 18.4 Å². The Bertz CT molecular complexity index is 412. The van der Waals surface area contributed by atoms with Crippen LogP contribution >= 0.6 is 0 Å². The average Bonchev–Trinajstić information content (AvgIpc) is 3.23. The highest BCUT2D eigenvalue weighted by molar-refractivity contribution is 5.28. The Labute approximate surface area is 122 Å². The largest absolute Gasteiger partial charge is 0.494 e. The molecule has 0 aromatic heterocycles. The molecular weight excluding hydrogens is 250 g/mol. The van der Waals surface area contributed by atoms with Gasteiger partial charge in [0.1, 0.15) is 5.75 Å². The summed E-state index contributed by atoms with van der Waals surface area (Å²) in [5, 5.41) is 13.0. The van der Waals surface area contributed by atoms with Crippen molar-refractivity contribution in [1.82, 2.24) is 5.32 Å². The summed E-state index contributed by atoms with van der Waals surface area (Å²) in [5.74, 6) is 1.45. The molecule has 1 aromatic rings. The number of hydrogen-bond donors (Lipinski definition) is 2. The first-order valence-corrected chi connectivity index (χ1v) is 7.64. The van der Waals surface area contributed by atoms with E-state index >= 15 is 0 Å². The third-order valence-corrected chi connectivity index (χ3v) is 3.95. The van der Waals surface area contributed by atoms with E-state index in [1.54, 1.807) is 0 Å². The lowest BCUT2D eigenvalue weighted by Crippen LogP contribution is -2.48. The fourth-order valence-electron chi connectivity index (χ4n) is 2.26. The van der Waals surface area contributed by atoms with Crippen LogP contribution in [0.1, 0.15) is 51.5 Å². The molecule has 3 heteroatoms. The fraction of sp³-hybridized carbons (Fsp3) is 0.647. The number of aliphatic hydroxyl groups is 1. The van der Waals surface area contributed by atoms with E-state index in [0.717, 1.165) is 12.2 Å². The quantitative estimate of drug-likeness (QED) is 0.767. The number of benzene rings is 1. The van der Waals surface area contributed by atoms with Gasteiger partial charge in [-0.05, 0) is 43.4 Å². The zero-order valence-corrected chi connectivity index (χ0v) is 12.9. The molecule has 1 aliphatic rings. The molecule has 1 unspecified atom stereocenters. The van der Waals surface area contributed by atoms with Crippen LogP contribution in [0.3, 0.4) is 0 Å². The van der Waals surface area contributed by atoms with Crippen molar-refractivity contribution in [3.05, 3.63) is 29.8 Å². The van der Waals surface area contributed by atoms with Crippen LogP contribution in [0.5, 0.6) is 5.75 Å². The minimum absolute atomic E-state index is 0.152. The second-order valence-corrected chi connectivity index (χ2v) is 6.46. The van der Waals surface area contributed by atoms with Gasteiger partial charge < -0.3 is 15.2 Å². The molecule has 112 valence electrons. The fourth-order valence-corrected chi connectivity index (χ4v) is 2.26. The van der Waals surface area contributed by atoms with Crippen LogP contribution in [0.15, 0.2) is 24.3 Å². The standard InChI is InChI=1S/C17H27NO2/c1-13(2)14-4-8-16(9-5-14)20-11-10-17(3,12-19)18-15-6-7-15/h4-5,8-9,13,15,18-19H,6-7,10-12H2,1-3H3. The van der Waals surface area contributed by atoms with Crippen LogP contribution in [0.4, 0.5) is 0 Å². The van der Waals surface area contributed by atoms with Gasteiger partial charge in [-0.2, -0.15) is 0 Å². The first kappa shape index (κ1) is 15.3. The third-order valence-electron chi connectivity index (χ3n) is 3.95. The number of rotatable bonds is 8. The zero-order chi connectivity index (χ0) is 14.6. The molecule has 3 nitrogen and oxygen atoms in total. The predicted molar refractivity (Wildman–Crippen MR) is 82.3 cm³/mol. The molecular formula is C17H27NO2. The third kappa shape index (κ3) is 4.50. The van der Waals surface area contributed by atoms with E-state index in [1.807, 2.05) is 12.1 Å². The second kappa shape index (κ2) is 6.59. The molecule has 0 amide bonds. The SMILES string of the molecule is CC(C)c1ccc(OCCC(C)(CO)NC2CC2)cc1. The second-order valence-electron chi connectivity index (χ2n) is 6.46. The van der Waals surface area contributed by atoms with Crippen molar-refractivity contribution in [3.8, 4) is 5.75 Å². The molecule has 1 saturated carbocycles. The average molecular weight is 277 g/mol. The van der Waals surface area contributed by atoms with E-state index in [-0.39, 0.29) is 12.1 Å². The van der Waals surface area contributed by atoms with Gasteiger partial charge in [-0.25, -0.2) is 0 Å². The van der Waals surface area contributed by atoms with Crippen LogP contribution in [-0.4, -0.2) is 29.9 Å². The lowest BCUT2D eigenvalue weighted by Gasteiger charge is -2.29. The molecule has 1 aliphatic carbocycles. The van der Waals surface area contributed by atoms with Crippen LogP contribution < -0.4 is 10.1 Å². The van der Waals surface area contributed by atoms with Gasteiger partial charge in [-0.15, -0.1) is 0 Å². The Kier molecular flexibility index (Phi) is 5.06.